The van der Waals surface area contributed by atoms with Gasteiger partial charge in [-0.1, -0.05) is 23.2 Å². The summed E-state index contributed by atoms with van der Waals surface area (Å²) in [4.78, 5) is 17.9. The Hall–Kier alpha value is -0.930. The lowest BCUT2D eigenvalue weighted by molar-refractivity contribution is 0.256. The number of rotatable bonds is 0. The molecule has 0 aromatic heterocycles. The molecule has 0 fully saturated rings. The summed E-state index contributed by atoms with van der Waals surface area (Å²) in [5, 5.41) is 1.72. The molecule has 2 rings (SSSR count). The highest BCUT2D eigenvalue weighted by Gasteiger charge is 2.07. The Morgan fingerprint density at radius 2 is 1.42 bits per heavy atom. The van der Waals surface area contributed by atoms with Gasteiger partial charge < -0.3 is 0 Å². The van der Waals surface area contributed by atoms with E-state index in [0.29, 0.717) is 20.8 Å². The van der Waals surface area contributed by atoms with Crippen LogP contribution in [0, 0.1) is 0 Å². The Balaban J connectivity index is 2.89. The maximum atomic E-state index is 10.7. The molecule has 0 atom stereocenters. The molecule has 1 heterocycles. The fourth-order valence-electron chi connectivity index (χ4n) is 0.936. The highest BCUT2D eigenvalue weighted by atomic mass is 35.5. The fourth-order valence-corrected chi connectivity index (χ4v) is 1.25. The average molecular weight is 201 g/mol. The largest absolute Gasteiger partial charge is 0.368 e. The van der Waals surface area contributed by atoms with E-state index >= 15 is 0 Å². The number of nitrogens with zero attached hydrogens (tertiary/aromatic N) is 2. The Kier molecular flexibility index (Phi) is 1.63. The standard InChI is InChI=1S/C7H2Cl2N2O/c8-3-1-5-6(2-4(3)9)11-7(12)10-5/h1-2H. The fraction of sp³-hybridized carbons (Fsp3) is 0. The first-order chi connectivity index (χ1) is 5.66. The third-order valence-electron chi connectivity index (χ3n) is 1.45. The molecule has 0 radical (unpaired) electrons. The van der Waals surface area contributed by atoms with Crippen molar-refractivity contribution in [2.75, 3.05) is 0 Å². The maximum Gasteiger partial charge on any atom is 0.368 e. The normalized spacial score (nSPS) is 13.7. The Morgan fingerprint density at radius 3 is 1.83 bits per heavy atom. The van der Waals surface area contributed by atoms with Crippen molar-refractivity contribution in [1.82, 2.24) is 0 Å². The summed E-state index contributed by atoms with van der Waals surface area (Å²) in [5.74, 6) is 0. The predicted molar refractivity (Wildman–Crippen MR) is 44.2 cm³/mol. The third kappa shape index (κ3) is 1.11. The van der Waals surface area contributed by atoms with E-state index in [2.05, 4.69) is 9.98 Å². The molecule has 0 aliphatic carbocycles. The van der Waals surface area contributed by atoms with Crippen molar-refractivity contribution in [2.24, 2.45) is 9.98 Å². The number of fused-ring (bicyclic) bond motifs is 1. The number of benzene rings is 1. The molecule has 60 valence electrons. The van der Waals surface area contributed by atoms with Gasteiger partial charge in [-0.25, -0.2) is 4.79 Å². The van der Waals surface area contributed by atoms with E-state index in [1.165, 1.54) is 12.1 Å². The summed E-state index contributed by atoms with van der Waals surface area (Å²) in [6.45, 7) is 0. The Labute approximate surface area is 77.3 Å². The number of carbonyl (C=O) groups is 1. The molecule has 0 unspecified atom stereocenters. The molecular formula is C7H2Cl2N2O. The Morgan fingerprint density at radius 1 is 1.00 bits per heavy atom. The summed E-state index contributed by atoms with van der Waals surface area (Å²) in [6.07, 6.45) is 0. The lowest BCUT2D eigenvalue weighted by Gasteiger charge is -1.90. The number of hydrogen-bond donors (Lipinski definition) is 0. The van der Waals surface area contributed by atoms with Crippen LogP contribution >= 0.6 is 23.2 Å². The number of halogens is 2. The smallest absolute Gasteiger partial charge is 0.244 e. The van der Waals surface area contributed by atoms with Crippen LogP contribution in [0.2, 0.25) is 10.0 Å². The summed E-state index contributed by atoms with van der Waals surface area (Å²) in [6, 6.07) is 2.53. The Bertz CT molecular complexity index is 438. The lowest BCUT2D eigenvalue weighted by Crippen LogP contribution is -2.20. The molecule has 1 aliphatic heterocycles. The molecule has 0 saturated heterocycles. The van der Waals surface area contributed by atoms with Gasteiger partial charge in [-0.05, 0) is 12.1 Å². The van der Waals surface area contributed by atoms with E-state index in [9.17, 15) is 4.79 Å². The second-order valence-electron chi connectivity index (χ2n) is 2.26. The van der Waals surface area contributed by atoms with Crippen LogP contribution in [0.5, 0.6) is 0 Å². The van der Waals surface area contributed by atoms with Crippen LogP contribution in [0.4, 0.5) is 4.79 Å². The van der Waals surface area contributed by atoms with Gasteiger partial charge in [-0.15, -0.1) is 0 Å². The monoisotopic (exact) mass is 200 g/mol. The molecular weight excluding hydrogens is 199 g/mol. The molecule has 5 heteroatoms. The van der Waals surface area contributed by atoms with Crippen molar-refractivity contribution in [3.63, 3.8) is 0 Å². The molecule has 0 saturated carbocycles. The first-order valence-electron chi connectivity index (χ1n) is 3.13. The molecule has 1 aromatic rings. The zero-order valence-electron chi connectivity index (χ0n) is 5.71. The summed E-state index contributed by atoms with van der Waals surface area (Å²) in [5.41, 5.74) is 0. The highest BCUT2D eigenvalue weighted by Crippen LogP contribution is 2.16. The molecule has 0 bridgehead atoms. The topological polar surface area (TPSA) is 41.8 Å². The second-order valence-corrected chi connectivity index (χ2v) is 3.08. The minimum Gasteiger partial charge on any atom is -0.244 e. The van der Waals surface area contributed by atoms with Gasteiger partial charge in [-0.2, -0.15) is 9.98 Å². The molecule has 1 aliphatic rings. The van der Waals surface area contributed by atoms with E-state index in [0.717, 1.165) is 0 Å². The van der Waals surface area contributed by atoms with Crippen molar-refractivity contribution in [3.05, 3.63) is 32.9 Å². The van der Waals surface area contributed by atoms with Crippen molar-refractivity contribution < 1.29 is 4.79 Å². The zero-order valence-corrected chi connectivity index (χ0v) is 7.23. The van der Waals surface area contributed by atoms with Crippen molar-refractivity contribution in [1.29, 1.82) is 0 Å². The number of hydrogen-bond acceptors (Lipinski definition) is 1. The number of carbonyl (C=O) groups excluding carboxylic acids is 1. The zero-order chi connectivity index (χ0) is 8.72. The van der Waals surface area contributed by atoms with Crippen LogP contribution in [-0.4, -0.2) is 6.03 Å². The lowest BCUT2D eigenvalue weighted by atomic mass is 10.3. The van der Waals surface area contributed by atoms with Crippen LogP contribution in [-0.2, 0) is 0 Å². The highest BCUT2D eigenvalue weighted by molar-refractivity contribution is 6.41. The van der Waals surface area contributed by atoms with Gasteiger partial charge in [0.05, 0.1) is 20.8 Å². The van der Waals surface area contributed by atoms with Gasteiger partial charge in [0.15, 0.2) is 0 Å². The summed E-state index contributed by atoms with van der Waals surface area (Å²) in [7, 11) is 0. The minimum absolute atomic E-state index is 0.379. The maximum absolute atomic E-state index is 10.7. The van der Waals surface area contributed by atoms with E-state index in [4.69, 9.17) is 23.2 Å². The summed E-state index contributed by atoms with van der Waals surface area (Å²) >= 11 is 11.4. The molecule has 0 N–H and O–H groups in total. The van der Waals surface area contributed by atoms with Crippen LogP contribution in [0.1, 0.15) is 0 Å². The van der Waals surface area contributed by atoms with Gasteiger partial charge in [0.1, 0.15) is 0 Å². The molecule has 3 nitrogen and oxygen atoms in total. The van der Waals surface area contributed by atoms with Crippen molar-refractivity contribution >= 4 is 29.2 Å². The molecule has 2 amide bonds. The first-order valence-corrected chi connectivity index (χ1v) is 3.89. The average Bonchev–Trinajstić information content (AvgIpc) is 2.30. The predicted octanol–water partition coefficient (Wildman–Crippen LogP) is 1.37. The van der Waals surface area contributed by atoms with Gasteiger partial charge in [0.25, 0.3) is 0 Å². The van der Waals surface area contributed by atoms with E-state index in [1.54, 1.807) is 0 Å². The number of amides is 2. The van der Waals surface area contributed by atoms with Crippen molar-refractivity contribution in [3.8, 4) is 0 Å². The van der Waals surface area contributed by atoms with Crippen molar-refractivity contribution in [2.45, 2.75) is 0 Å². The van der Waals surface area contributed by atoms with Gasteiger partial charge in [0, 0.05) is 0 Å². The molecule has 12 heavy (non-hydrogen) atoms. The van der Waals surface area contributed by atoms with Gasteiger partial charge >= 0.3 is 6.03 Å². The SMILES string of the molecule is O=C1N=c2cc(Cl)c(Cl)cc2=N1. The van der Waals surface area contributed by atoms with E-state index < -0.39 is 6.03 Å². The number of urea groups is 1. The van der Waals surface area contributed by atoms with Gasteiger partial charge in [0.2, 0.25) is 0 Å². The van der Waals surface area contributed by atoms with Crippen LogP contribution in [0.15, 0.2) is 22.1 Å². The first kappa shape index (κ1) is 7.71. The van der Waals surface area contributed by atoms with E-state index in [-0.39, 0.29) is 0 Å². The minimum atomic E-state index is -0.511. The second kappa shape index (κ2) is 2.54. The van der Waals surface area contributed by atoms with Gasteiger partial charge in [-0.3, -0.25) is 0 Å². The van der Waals surface area contributed by atoms with Crippen LogP contribution < -0.4 is 10.7 Å². The van der Waals surface area contributed by atoms with Crippen LogP contribution in [0.3, 0.4) is 0 Å². The molecule has 0 spiro atoms. The van der Waals surface area contributed by atoms with Crippen LogP contribution in [0.25, 0.3) is 0 Å². The summed E-state index contributed by atoms with van der Waals surface area (Å²) < 4.78 is 0. The molecule has 1 aromatic carbocycles. The van der Waals surface area contributed by atoms with E-state index in [1.807, 2.05) is 0 Å². The third-order valence-corrected chi connectivity index (χ3v) is 2.17. The quantitative estimate of drug-likeness (QED) is 0.624.